The van der Waals surface area contributed by atoms with E-state index in [0.717, 1.165) is 36.3 Å². The van der Waals surface area contributed by atoms with Gasteiger partial charge in [0.05, 0.1) is 11.4 Å². The fourth-order valence-corrected chi connectivity index (χ4v) is 3.50. The first-order chi connectivity index (χ1) is 14.2. The number of ether oxygens (including phenoxy) is 1. The molecular formula is C21H23N5O3. The Morgan fingerprint density at radius 1 is 1.28 bits per heavy atom. The molecule has 0 radical (unpaired) electrons. The molecule has 150 valence electrons. The van der Waals surface area contributed by atoms with Crippen LogP contribution in [0, 0.1) is 6.92 Å². The van der Waals surface area contributed by atoms with Crippen LogP contribution in [0.3, 0.4) is 0 Å². The minimum atomic E-state index is -0.142. The summed E-state index contributed by atoms with van der Waals surface area (Å²) in [6, 6.07) is 5.39. The minimum absolute atomic E-state index is 0.0296. The summed E-state index contributed by atoms with van der Waals surface area (Å²) in [7, 11) is 0. The van der Waals surface area contributed by atoms with Crippen molar-refractivity contribution in [1.29, 1.82) is 0 Å². The van der Waals surface area contributed by atoms with Crippen LogP contribution in [0.4, 0.5) is 0 Å². The molecule has 3 aromatic heterocycles. The van der Waals surface area contributed by atoms with Crippen molar-refractivity contribution in [2.24, 2.45) is 0 Å². The number of aryl methyl sites for hydroxylation is 2. The van der Waals surface area contributed by atoms with Gasteiger partial charge in [0.1, 0.15) is 5.69 Å². The highest BCUT2D eigenvalue weighted by atomic mass is 16.5. The van der Waals surface area contributed by atoms with Crippen LogP contribution in [-0.4, -0.2) is 44.0 Å². The van der Waals surface area contributed by atoms with Crippen LogP contribution in [0.15, 0.2) is 41.3 Å². The maximum atomic E-state index is 12.8. The molecule has 0 aromatic carbocycles. The van der Waals surface area contributed by atoms with Crippen molar-refractivity contribution in [3.8, 4) is 11.6 Å². The Morgan fingerprint density at radius 2 is 2.14 bits per heavy atom. The van der Waals surface area contributed by atoms with Gasteiger partial charge in [-0.25, -0.2) is 4.98 Å². The first-order valence-corrected chi connectivity index (χ1v) is 9.81. The van der Waals surface area contributed by atoms with Crippen LogP contribution >= 0.6 is 0 Å². The number of amides is 1. The molecule has 1 amide bonds. The third kappa shape index (κ3) is 4.11. The van der Waals surface area contributed by atoms with Gasteiger partial charge in [0.15, 0.2) is 5.75 Å². The lowest BCUT2D eigenvalue weighted by Gasteiger charge is -2.32. The number of hydrogen-bond donors (Lipinski definition) is 0. The predicted molar refractivity (Wildman–Crippen MR) is 105 cm³/mol. The van der Waals surface area contributed by atoms with Crippen LogP contribution in [-0.2, 0) is 6.42 Å². The second-order valence-electron chi connectivity index (χ2n) is 7.06. The monoisotopic (exact) mass is 393 g/mol. The smallest absolute Gasteiger partial charge is 0.292 e. The Morgan fingerprint density at radius 3 is 2.93 bits per heavy atom. The summed E-state index contributed by atoms with van der Waals surface area (Å²) in [5, 5.41) is 3.93. The molecule has 4 heterocycles. The van der Waals surface area contributed by atoms with Gasteiger partial charge in [-0.05, 0) is 38.3 Å². The summed E-state index contributed by atoms with van der Waals surface area (Å²) in [6.07, 6.45) is 7.49. The lowest BCUT2D eigenvalue weighted by molar-refractivity contribution is 0.0662. The molecule has 29 heavy (non-hydrogen) atoms. The first kappa shape index (κ1) is 19.0. The van der Waals surface area contributed by atoms with Crippen molar-refractivity contribution in [2.75, 3.05) is 13.1 Å². The van der Waals surface area contributed by atoms with Gasteiger partial charge in [0.25, 0.3) is 5.91 Å². The van der Waals surface area contributed by atoms with E-state index in [-0.39, 0.29) is 17.6 Å². The predicted octanol–water partition coefficient (Wildman–Crippen LogP) is 3.54. The standard InChI is InChI=1S/C21H23N5O3/c1-3-16-12-18(29-25-16)21(27)26-11-5-6-15(13-26)19-20(24-10-9-23-19)28-17-7-4-8-22-14(17)2/h4,7-10,12,15H,3,5-6,11,13H2,1-2H3. The molecule has 1 atom stereocenters. The Kier molecular flexibility index (Phi) is 5.50. The number of aromatic nitrogens is 4. The zero-order valence-corrected chi connectivity index (χ0v) is 16.5. The van der Waals surface area contributed by atoms with Crippen LogP contribution in [0.1, 0.15) is 53.3 Å². The number of pyridine rings is 1. The van der Waals surface area contributed by atoms with Gasteiger partial charge in [-0.2, -0.15) is 0 Å². The largest absolute Gasteiger partial charge is 0.435 e. The van der Waals surface area contributed by atoms with Gasteiger partial charge in [-0.1, -0.05) is 12.1 Å². The molecule has 0 bridgehead atoms. The molecule has 1 aliphatic rings. The number of carbonyl (C=O) groups is 1. The number of rotatable bonds is 5. The van der Waals surface area contributed by atoms with E-state index >= 15 is 0 Å². The second-order valence-corrected chi connectivity index (χ2v) is 7.06. The number of piperidine rings is 1. The van der Waals surface area contributed by atoms with E-state index < -0.39 is 0 Å². The highest BCUT2D eigenvalue weighted by Gasteiger charge is 2.30. The normalized spacial score (nSPS) is 16.6. The van der Waals surface area contributed by atoms with Gasteiger partial charge in [0, 0.05) is 43.7 Å². The van der Waals surface area contributed by atoms with E-state index in [0.29, 0.717) is 24.7 Å². The van der Waals surface area contributed by atoms with Gasteiger partial charge in [0.2, 0.25) is 11.6 Å². The molecule has 1 saturated heterocycles. The molecule has 8 nitrogen and oxygen atoms in total. The summed E-state index contributed by atoms with van der Waals surface area (Å²) < 4.78 is 11.3. The van der Waals surface area contributed by atoms with E-state index in [9.17, 15) is 4.79 Å². The van der Waals surface area contributed by atoms with Crippen molar-refractivity contribution in [3.05, 3.63) is 59.6 Å². The zero-order chi connectivity index (χ0) is 20.2. The second kappa shape index (κ2) is 8.38. The van der Waals surface area contributed by atoms with Crippen molar-refractivity contribution in [1.82, 2.24) is 25.0 Å². The van der Waals surface area contributed by atoms with Crippen molar-refractivity contribution >= 4 is 5.91 Å². The topological polar surface area (TPSA) is 94.2 Å². The van der Waals surface area contributed by atoms with Gasteiger partial charge < -0.3 is 14.2 Å². The molecule has 3 aromatic rings. The molecule has 8 heteroatoms. The number of nitrogens with zero attached hydrogens (tertiary/aromatic N) is 5. The number of likely N-dealkylation sites (tertiary alicyclic amines) is 1. The zero-order valence-electron chi connectivity index (χ0n) is 16.5. The molecular weight excluding hydrogens is 370 g/mol. The molecule has 0 spiro atoms. The average molecular weight is 393 g/mol. The third-order valence-electron chi connectivity index (χ3n) is 5.08. The Balaban J connectivity index is 1.54. The summed E-state index contributed by atoms with van der Waals surface area (Å²) in [4.78, 5) is 27.8. The third-order valence-corrected chi connectivity index (χ3v) is 5.08. The van der Waals surface area contributed by atoms with Gasteiger partial charge in [-0.15, -0.1) is 0 Å². The molecule has 0 N–H and O–H groups in total. The lowest BCUT2D eigenvalue weighted by Crippen LogP contribution is -2.39. The van der Waals surface area contributed by atoms with Crippen molar-refractivity contribution < 1.29 is 14.1 Å². The Labute approximate surface area is 168 Å². The molecule has 0 aliphatic carbocycles. The van der Waals surface area contributed by atoms with E-state index in [4.69, 9.17) is 9.26 Å². The van der Waals surface area contributed by atoms with Crippen molar-refractivity contribution in [2.45, 2.75) is 39.0 Å². The van der Waals surface area contributed by atoms with E-state index in [1.807, 2.05) is 26.0 Å². The fourth-order valence-electron chi connectivity index (χ4n) is 3.50. The van der Waals surface area contributed by atoms with E-state index in [1.165, 1.54) is 0 Å². The van der Waals surface area contributed by atoms with Crippen LogP contribution in [0.2, 0.25) is 0 Å². The molecule has 1 unspecified atom stereocenters. The van der Waals surface area contributed by atoms with Crippen molar-refractivity contribution in [3.63, 3.8) is 0 Å². The van der Waals surface area contributed by atoms with E-state index in [2.05, 4.69) is 20.1 Å². The molecule has 4 rings (SSSR count). The highest BCUT2D eigenvalue weighted by molar-refractivity contribution is 5.91. The highest BCUT2D eigenvalue weighted by Crippen LogP contribution is 2.33. The van der Waals surface area contributed by atoms with Crippen LogP contribution < -0.4 is 4.74 Å². The lowest BCUT2D eigenvalue weighted by atomic mass is 9.94. The number of carbonyl (C=O) groups excluding carboxylic acids is 1. The summed E-state index contributed by atoms with van der Waals surface area (Å²) in [5.41, 5.74) is 2.31. The summed E-state index contributed by atoms with van der Waals surface area (Å²) in [6.45, 7) is 5.06. The molecule has 0 saturated carbocycles. The van der Waals surface area contributed by atoms with E-state index in [1.54, 1.807) is 29.6 Å². The molecule has 1 aliphatic heterocycles. The average Bonchev–Trinajstić information content (AvgIpc) is 3.25. The summed E-state index contributed by atoms with van der Waals surface area (Å²) >= 11 is 0. The van der Waals surface area contributed by atoms with Gasteiger partial charge in [-0.3, -0.25) is 14.8 Å². The maximum Gasteiger partial charge on any atom is 0.292 e. The summed E-state index contributed by atoms with van der Waals surface area (Å²) in [5.74, 6) is 1.27. The Bertz CT molecular complexity index is 1000. The minimum Gasteiger partial charge on any atom is -0.435 e. The SMILES string of the molecule is CCc1cc(C(=O)N2CCCC(c3nccnc3Oc3cccnc3C)C2)on1. The maximum absolute atomic E-state index is 12.8. The van der Waals surface area contributed by atoms with Gasteiger partial charge >= 0.3 is 0 Å². The van der Waals surface area contributed by atoms with Crippen LogP contribution in [0.25, 0.3) is 0 Å². The first-order valence-electron chi connectivity index (χ1n) is 9.81. The Hall–Kier alpha value is -3.29. The quantitative estimate of drug-likeness (QED) is 0.654. The fraction of sp³-hybridized carbons (Fsp3) is 0.381. The van der Waals surface area contributed by atoms with Crippen LogP contribution in [0.5, 0.6) is 11.6 Å². The molecule has 1 fully saturated rings. The number of hydrogen-bond acceptors (Lipinski definition) is 7.